The highest BCUT2D eigenvalue weighted by atomic mass is 16.6. The van der Waals surface area contributed by atoms with Gasteiger partial charge in [0.2, 0.25) is 0 Å². The molecule has 0 aromatic rings. The Labute approximate surface area is 172 Å². The van der Waals surface area contributed by atoms with Crippen molar-refractivity contribution in [2.75, 3.05) is 0 Å². The molecule has 3 aliphatic carbocycles. The van der Waals surface area contributed by atoms with Crippen LogP contribution in [0.15, 0.2) is 23.0 Å². The average Bonchev–Trinajstić information content (AvgIpc) is 3.16. The number of carbonyl (C=O) groups is 1. The summed E-state index contributed by atoms with van der Waals surface area (Å²) >= 11 is 0. The molecule has 6 rings (SSSR count). The third-order valence-electron chi connectivity index (χ3n) is 9.72. The van der Waals surface area contributed by atoms with Crippen LogP contribution in [0, 0.1) is 47.3 Å². The molecule has 2 N–H and O–H groups in total. The molecule has 1 saturated heterocycles. The summed E-state index contributed by atoms with van der Waals surface area (Å²) in [6.07, 6.45) is 3.79. The zero-order valence-electron chi connectivity index (χ0n) is 17.7. The highest BCUT2D eigenvalue weighted by Crippen LogP contribution is 2.66. The minimum Gasteiger partial charge on any atom is -0.491 e. The molecule has 7 unspecified atom stereocenters. The van der Waals surface area contributed by atoms with Crippen LogP contribution in [0.1, 0.15) is 47.0 Å². The Morgan fingerprint density at radius 3 is 2.69 bits per heavy atom. The molecule has 158 valence electrons. The molecule has 0 radical (unpaired) electrons. The summed E-state index contributed by atoms with van der Waals surface area (Å²) in [4.78, 5) is 13.2. The predicted octanol–water partition coefficient (Wildman–Crippen LogP) is 2.82. The van der Waals surface area contributed by atoms with Gasteiger partial charge in [-0.3, -0.25) is 0 Å². The summed E-state index contributed by atoms with van der Waals surface area (Å²) in [5.74, 6) is 1.34. The maximum Gasteiger partial charge on any atom is 0.338 e. The lowest BCUT2D eigenvalue weighted by atomic mass is 9.63. The van der Waals surface area contributed by atoms with Gasteiger partial charge in [-0.1, -0.05) is 25.5 Å². The number of aliphatic hydroxyl groups is 2. The maximum atomic E-state index is 13.2. The van der Waals surface area contributed by atoms with E-state index in [9.17, 15) is 15.0 Å². The number of hydrogen-bond acceptors (Lipinski definition) is 5. The quantitative estimate of drug-likeness (QED) is 0.483. The molecule has 3 aliphatic heterocycles. The molecule has 0 amide bonds. The molecule has 0 aromatic carbocycles. The van der Waals surface area contributed by atoms with Gasteiger partial charge in [0.1, 0.15) is 17.5 Å². The van der Waals surface area contributed by atoms with Crippen molar-refractivity contribution in [3.63, 3.8) is 0 Å². The summed E-state index contributed by atoms with van der Waals surface area (Å²) in [7, 11) is 0. The Hall–Kier alpha value is -1.33. The van der Waals surface area contributed by atoms with Crippen LogP contribution in [0.5, 0.6) is 0 Å². The fourth-order valence-electron chi connectivity index (χ4n) is 8.16. The van der Waals surface area contributed by atoms with Gasteiger partial charge in [-0.25, -0.2) is 4.79 Å². The Morgan fingerprint density at radius 2 is 1.93 bits per heavy atom. The summed E-state index contributed by atoms with van der Waals surface area (Å²) in [5, 5.41) is 22.0. The second-order valence-corrected chi connectivity index (χ2v) is 10.9. The number of aliphatic hydroxyl groups excluding tert-OH is 2. The van der Waals surface area contributed by atoms with Gasteiger partial charge in [0.25, 0.3) is 0 Å². The molecule has 3 fully saturated rings. The van der Waals surface area contributed by atoms with Gasteiger partial charge in [-0.2, -0.15) is 0 Å². The number of ether oxygens (including phenoxy) is 2. The molecule has 29 heavy (non-hydrogen) atoms. The third kappa shape index (κ3) is 2.11. The first-order valence-corrected chi connectivity index (χ1v) is 11.4. The van der Waals surface area contributed by atoms with Crippen molar-refractivity contribution >= 4 is 5.97 Å². The zero-order chi connectivity index (χ0) is 20.4. The first kappa shape index (κ1) is 18.4. The fourth-order valence-corrected chi connectivity index (χ4v) is 8.16. The number of rotatable bonds is 0. The lowest BCUT2D eigenvalue weighted by molar-refractivity contribution is -0.154. The molecule has 6 aliphatic rings. The summed E-state index contributed by atoms with van der Waals surface area (Å²) in [6.45, 7) is 8.47. The number of fused-ring (bicyclic) bond motifs is 9. The SMILES string of the molecule is CC1=CC2C(C3C1CC1C3C3=C4O[C@]1(C)CCC(OC3=O)[C@H]4C)[C@H](O)[C@@H](C)[C@@H]2O. The normalized spacial score (nSPS) is 57.4. The van der Waals surface area contributed by atoms with E-state index in [0.29, 0.717) is 5.92 Å². The largest absolute Gasteiger partial charge is 0.491 e. The summed E-state index contributed by atoms with van der Waals surface area (Å²) in [5.41, 5.74) is 1.77. The number of hydrogen-bond donors (Lipinski definition) is 2. The monoisotopic (exact) mass is 400 g/mol. The van der Waals surface area contributed by atoms with Gasteiger partial charge in [-0.15, -0.1) is 0 Å². The van der Waals surface area contributed by atoms with E-state index in [1.807, 2.05) is 6.92 Å². The molecular weight excluding hydrogens is 368 g/mol. The van der Waals surface area contributed by atoms with Crippen molar-refractivity contribution < 1.29 is 24.5 Å². The lowest BCUT2D eigenvalue weighted by Gasteiger charge is -2.48. The Kier molecular flexibility index (Phi) is 3.61. The molecule has 12 atom stereocenters. The Balaban J connectivity index is 1.55. The van der Waals surface area contributed by atoms with E-state index in [-0.39, 0.29) is 59.1 Å². The van der Waals surface area contributed by atoms with E-state index in [2.05, 4.69) is 26.8 Å². The third-order valence-corrected chi connectivity index (χ3v) is 9.72. The van der Waals surface area contributed by atoms with Gasteiger partial charge >= 0.3 is 5.97 Å². The van der Waals surface area contributed by atoms with E-state index in [1.54, 1.807) is 0 Å². The van der Waals surface area contributed by atoms with E-state index >= 15 is 0 Å². The standard InChI is InChI=1S/C24H32O5/c1-9-7-13-17(21(26)11(3)20(13)25)16-12(9)8-14-18(16)19-22-10(2)15(28-23(19)27)5-6-24(14,4)29-22/h7,10-18,20-21,25-26H,5-6,8H2,1-4H3/t10-,11+,12?,13?,14?,15?,16?,17?,18?,20+,21-,24-/m1/s1. The van der Waals surface area contributed by atoms with Crippen molar-refractivity contribution in [2.45, 2.75) is 70.9 Å². The van der Waals surface area contributed by atoms with Gasteiger partial charge in [0.15, 0.2) is 0 Å². The predicted molar refractivity (Wildman–Crippen MR) is 105 cm³/mol. The topological polar surface area (TPSA) is 76.0 Å². The van der Waals surface area contributed by atoms with Crippen LogP contribution in [0.3, 0.4) is 0 Å². The summed E-state index contributed by atoms with van der Waals surface area (Å²) in [6, 6.07) is 0. The van der Waals surface area contributed by atoms with Gasteiger partial charge in [0.05, 0.1) is 23.7 Å². The smallest absolute Gasteiger partial charge is 0.338 e. The average molecular weight is 401 g/mol. The van der Waals surface area contributed by atoms with Crippen molar-refractivity contribution in [3.8, 4) is 0 Å². The second-order valence-electron chi connectivity index (χ2n) is 10.9. The number of carbonyl (C=O) groups excluding carboxylic acids is 1. The van der Waals surface area contributed by atoms with Crippen molar-refractivity contribution in [3.05, 3.63) is 23.0 Å². The minimum atomic E-state index is -0.543. The second kappa shape index (κ2) is 5.67. The van der Waals surface area contributed by atoms with Crippen LogP contribution >= 0.6 is 0 Å². The number of esters is 1. The van der Waals surface area contributed by atoms with Crippen LogP contribution in [-0.4, -0.2) is 40.1 Å². The van der Waals surface area contributed by atoms with E-state index < -0.39 is 12.2 Å². The Morgan fingerprint density at radius 1 is 1.17 bits per heavy atom. The molecule has 2 saturated carbocycles. The lowest BCUT2D eigenvalue weighted by Crippen LogP contribution is -2.49. The van der Waals surface area contributed by atoms with Crippen molar-refractivity contribution in [1.29, 1.82) is 0 Å². The highest BCUT2D eigenvalue weighted by Gasteiger charge is 2.66. The van der Waals surface area contributed by atoms with Crippen LogP contribution in [0.25, 0.3) is 0 Å². The van der Waals surface area contributed by atoms with E-state index in [4.69, 9.17) is 9.47 Å². The van der Waals surface area contributed by atoms with Gasteiger partial charge < -0.3 is 19.7 Å². The molecule has 0 aromatic heterocycles. The molecule has 0 spiro atoms. The van der Waals surface area contributed by atoms with Gasteiger partial charge in [0, 0.05) is 23.7 Å². The first-order chi connectivity index (χ1) is 13.7. The molecule has 5 nitrogen and oxygen atoms in total. The molecule has 3 bridgehead atoms. The van der Waals surface area contributed by atoms with Crippen LogP contribution < -0.4 is 0 Å². The highest BCUT2D eigenvalue weighted by molar-refractivity contribution is 5.91. The van der Waals surface area contributed by atoms with Crippen molar-refractivity contribution in [2.24, 2.45) is 47.3 Å². The maximum absolute atomic E-state index is 13.2. The van der Waals surface area contributed by atoms with Crippen LogP contribution in [0.2, 0.25) is 0 Å². The molecular formula is C24H32O5. The number of allylic oxidation sites excluding steroid dienone is 1. The van der Waals surface area contributed by atoms with Crippen molar-refractivity contribution in [1.82, 2.24) is 0 Å². The summed E-state index contributed by atoms with van der Waals surface area (Å²) < 4.78 is 12.6. The fraction of sp³-hybridized carbons (Fsp3) is 0.792. The van der Waals surface area contributed by atoms with Crippen LogP contribution in [-0.2, 0) is 14.3 Å². The molecule has 3 heterocycles. The zero-order valence-corrected chi connectivity index (χ0v) is 17.7. The minimum absolute atomic E-state index is 0.0126. The van der Waals surface area contributed by atoms with Gasteiger partial charge in [-0.05, 0) is 50.9 Å². The first-order valence-electron chi connectivity index (χ1n) is 11.4. The molecule has 5 heteroatoms. The Bertz CT molecular complexity index is 844. The van der Waals surface area contributed by atoms with Crippen LogP contribution in [0.4, 0.5) is 0 Å². The van der Waals surface area contributed by atoms with E-state index in [1.165, 1.54) is 5.57 Å². The van der Waals surface area contributed by atoms with E-state index in [0.717, 1.165) is 30.6 Å².